The molecule has 17 heavy (non-hydrogen) atoms. The van der Waals surface area contributed by atoms with Crippen molar-refractivity contribution in [1.82, 2.24) is 4.90 Å². The van der Waals surface area contributed by atoms with E-state index in [2.05, 4.69) is 45.1 Å². The normalized spacial score (nSPS) is 32.9. The summed E-state index contributed by atoms with van der Waals surface area (Å²) in [4.78, 5) is 2.49. The highest BCUT2D eigenvalue weighted by Gasteiger charge is 2.41. The Labute approximate surface area is 111 Å². The average Bonchev–Trinajstić information content (AvgIpc) is 2.85. The van der Waals surface area contributed by atoms with Crippen LogP contribution in [0.5, 0.6) is 0 Å². The van der Waals surface area contributed by atoms with E-state index in [9.17, 15) is 5.11 Å². The number of aliphatic hydroxyl groups is 1. The van der Waals surface area contributed by atoms with Crippen LogP contribution in [0.25, 0.3) is 0 Å². The zero-order chi connectivity index (χ0) is 11.8. The molecular weight excluding hydrogens is 278 g/mol. The van der Waals surface area contributed by atoms with E-state index in [-0.39, 0.29) is 6.10 Å². The van der Waals surface area contributed by atoms with E-state index in [1.165, 1.54) is 12.0 Å². The van der Waals surface area contributed by atoms with Crippen LogP contribution in [0.15, 0.2) is 28.7 Å². The van der Waals surface area contributed by atoms with Crippen LogP contribution in [0.2, 0.25) is 0 Å². The fourth-order valence-electron chi connectivity index (χ4n) is 3.31. The van der Waals surface area contributed by atoms with E-state index in [1.807, 2.05) is 0 Å². The maximum atomic E-state index is 9.89. The molecular formula is C14H18BrNO. The predicted molar refractivity (Wildman–Crippen MR) is 71.6 cm³/mol. The molecule has 1 aromatic carbocycles. The Hall–Kier alpha value is -0.380. The molecule has 0 spiro atoms. The van der Waals surface area contributed by atoms with Crippen molar-refractivity contribution in [3.8, 4) is 0 Å². The lowest BCUT2D eigenvalue weighted by atomic mass is 10.00. The van der Waals surface area contributed by atoms with Crippen LogP contribution in [-0.4, -0.2) is 29.2 Å². The molecule has 3 atom stereocenters. The minimum Gasteiger partial charge on any atom is -0.393 e. The molecule has 0 bridgehead atoms. The number of hydrogen-bond acceptors (Lipinski definition) is 2. The van der Waals surface area contributed by atoms with Gasteiger partial charge < -0.3 is 5.11 Å². The van der Waals surface area contributed by atoms with Gasteiger partial charge in [0.1, 0.15) is 0 Å². The third-order valence-electron chi connectivity index (χ3n) is 4.21. The van der Waals surface area contributed by atoms with Gasteiger partial charge in [-0.15, -0.1) is 0 Å². The Balaban J connectivity index is 1.62. The zero-order valence-corrected chi connectivity index (χ0v) is 11.4. The number of nitrogens with zero attached hydrogens (tertiary/aromatic N) is 1. The van der Waals surface area contributed by atoms with Gasteiger partial charge in [0.05, 0.1) is 6.10 Å². The van der Waals surface area contributed by atoms with Gasteiger partial charge in [-0.05, 0) is 36.5 Å². The lowest BCUT2D eigenvalue weighted by molar-refractivity contribution is 0.123. The van der Waals surface area contributed by atoms with Crippen molar-refractivity contribution in [3.05, 3.63) is 34.3 Å². The Morgan fingerprint density at radius 3 is 2.65 bits per heavy atom. The second kappa shape index (κ2) is 4.71. The summed E-state index contributed by atoms with van der Waals surface area (Å²) in [6.45, 7) is 3.26. The summed E-state index contributed by atoms with van der Waals surface area (Å²) < 4.78 is 1.13. The first kappa shape index (κ1) is 11.7. The second-order valence-electron chi connectivity index (χ2n) is 5.39. The Kier molecular flexibility index (Phi) is 3.24. The van der Waals surface area contributed by atoms with Crippen LogP contribution < -0.4 is 0 Å². The molecule has 2 aliphatic rings. The van der Waals surface area contributed by atoms with E-state index >= 15 is 0 Å². The van der Waals surface area contributed by atoms with E-state index in [4.69, 9.17) is 0 Å². The fraction of sp³-hybridized carbons (Fsp3) is 0.571. The van der Waals surface area contributed by atoms with Crippen LogP contribution in [0.3, 0.4) is 0 Å². The SMILES string of the molecule is OC1CCC2CN(Cc3ccc(Br)cc3)CC12. The molecule has 3 rings (SSSR count). The van der Waals surface area contributed by atoms with Gasteiger partial charge in [-0.25, -0.2) is 0 Å². The summed E-state index contributed by atoms with van der Waals surface area (Å²) in [6.07, 6.45) is 2.18. The van der Waals surface area contributed by atoms with Gasteiger partial charge in [0.15, 0.2) is 0 Å². The lowest BCUT2D eigenvalue weighted by Crippen LogP contribution is -2.24. The van der Waals surface area contributed by atoms with E-state index < -0.39 is 0 Å². The molecule has 1 saturated heterocycles. The van der Waals surface area contributed by atoms with Gasteiger partial charge >= 0.3 is 0 Å². The molecule has 1 aliphatic carbocycles. The summed E-state index contributed by atoms with van der Waals surface area (Å²) >= 11 is 3.46. The molecule has 1 aromatic rings. The molecule has 3 heteroatoms. The van der Waals surface area contributed by atoms with Crippen molar-refractivity contribution < 1.29 is 5.11 Å². The largest absolute Gasteiger partial charge is 0.393 e. The molecule has 2 nitrogen and oxygen atoms in total. The summed E-state index contributed by atoms with van der Waals surface area (Å²) in [5.41, 5.74) is 1.36. The number of benzene rings is 1. The van der Waals surface area contributed by atoms with Crippen molar-refractivity contribution in [2.24, 2.45) is 11.8 Å². The smallest absolute Gasteiger partial charge is 0.0583 e. The fourth-order valence-corrected chi connectivity index (χ4v) is 3.57. The van der Waals surface area contributed by atoms with Crippen LogP contribution in [-0.2, 0) is 6.54 Å². The highest BCUT2D eigenvalue weighted by atomic mass is 79.9. The van der Waals surface area contributed by atoms with Gasteiger partial charge in [0, 0.05) is 30.0 Å². The van der Waals surface area contributed by atoms with Crippen molar-refractivity contribution in [1.29, 1.82) is 0 Å². The van der Waals surface area contributed by atoms with Gasteiger partial charge in [-0.3, -0.25) is 4.90 Å². The first-order chi connectivity index (χ1) is 8.22. The second-order valence-corrected chi connectivity index (χ2v) is 6.30. The number of hydrogen-bond donors (Lipinski definition) is 1. The van der Waals surface area contributed by atoms with Crippen molar-refractivity contribution in [3.63, 3.8) is 0 Å². The third kappa shape index (κ3) is 2.42. The Morgan fingerprint density at radius 2 is 1.94 bits per heavy atom. The van der Waals surface area contributed by atoms with Crippen molar-refractivity contribution in [2.75, 3.05) is 13.1 Å². The topological polar surface area (TPSA) is 23.5 Å². The van der Waals surface area contributed by atoms with E-state index in [0.717, 1.165) is 36.4 Å². The highest BCUT2D eigenvalue weighted by molar-refractivity contribution is 9.10. The number of aliphatic hydroxyl groups excluding tert-OH is 1. The molecule has 2 fully saturated rings. The maximum absolute atomic E-state index is 9.89. The minimum atomic E-state index is -0.0464. The number of likely N-dealkylation sites (tertiary alicyclic amines) is 1. The van der Waals surface area contributed by atoms with Gasteiger partial charge in [-0.1, -0.05) is 28.1 Å². The average molecular weight is 296 g/mol. The predicted octanol–water partition coefficient (Wildman–Crippen LogP) is 2.65. The number of fused-ring (bicyclic) bond motifs is 1. The molecule has 1 N–H and O–H groups in total. The summed E-state index contributed by atoms with van der Waals surface area (Å²) in [5.74, 6) is 1.27. The maximum Gasteiger partial charge on any atom is 0.0583 e. The summed E-state index contributed by atoms with van der Waals surface area (Å²) in [6, 6.07) is 8.55. The van der Waals surface area contributed by atoms with Crippen LogP contribution in [0.4, 0.5) is 0 Å². The quantitative estimate of drug-likeness (QED) is 0.907. The van der Waals surface area contributed by atoms with Crippen molar-refractivity contribution >= 4 is 15.9 Å². The molecule has 1 saturated carbocycles. The van der Waals surface area contributed by atoms with E-state index in [0.29, 0.717) is 5.92 Å². The zero-order valence-electron chi connectivity index (χ0n) is 9.85. The van der Waals surface area contributed by atoms with Crippen LogP contribution in [0, 0.1) is 11.8 Å². The third-order valence-corrected chi connectivity index (χ3v) is 4.74. The van der Waals surface area contributed by atoms with Gasteiger partial charge in [0.25, 0.3) is 0 Å². The molecule has 92 valence electrons. The molecule has 3 unspecified atom stereocenters. The molecule has 0 amide bonds. The first-order valence-electron chi connectivity index (χ1n) is 6.37. The van der Waals surface area contributed by atoms with Gasteiger partial charge in [-0.2, -0.15) is 0 Å². The molecule has 1 aliphatic heterocycles. The van der Waals surface area contributed by atoms with Gasteiger partial charge in [0.2, 0.25) is 0 Å². The molecule has 0 radical (unpaired) electrons. The van der Waals surface area contributed by atoms with Crippen molar-refractivity contribution in [2.45, 2.75) is 25.5 Å². The Bertz CT molecular complexity index is 392. The molecule has 1 heterocycles. The lowest BCUT2D eigenvalue weighted by Gasteiger charge is -2.18. The van der Waals surface area contributed by atoms with Crippen LogP contribution in [0.1, 0.15) is 18.4 Å². The first-order valence-corrected chi connectivity index (χ1v) is 7.16. The Morgan fingerprint density at radius 1 is 1.18 bits per heavy atom. The monoisotopic (exact) mass is 295 g/mol. The standard InChI is InChI=1S/C14H18BrNO/c15-12-4-1-10(2-5-12)7-16-8-11-3-6-14(17)13(11)9-16/h1-2,4-5,11,13-14,17H,3,6-9H2. The minimum absolute atomic E-state index is 0.0464. The summed E-state index contributed by atoms with van der Waals surface area (Å²) in [5, 5.41) is 9.89. The van der Waals surface area contributed by atoms with Crippen LogP contribution >= 0.6 is 15.9 Å². The van der Waals surface area contributed by atoms with E-state index in [1.54, 1.807) is 0 Å². The molecule has 0 aromatic heterocycles. The number of halogens is 1. The highest BCUT2D eigenvalue weighted by Crippen LogP contribution is 2.38. The summed E-state index contributed by atoms with van der Waals surface area (Å²) in [7, 11) is 0. The number of rotatable bonds is 2.